The minimum absolute atomic E-state index is 0.0762. The van der Waals surface area contributed by atoms with Gasteiger partial charge in [0.1, 0.15) is 18.3 Å². The van der Waals surface area contributed by atoms with E-state index in [0.29, 0.717) is 0 Å². The molecule has 1 N–H and O–H groups in total. The lowest BCUT2D eigenvalue weighted by Gasteiger charge is -2.14. The van der Waals surface area contributed by atoms with Gasteiger partial charge in [-0.1, -0.05) is 24.3 Å². The third-order valence-corrected chi connectivity index (χ3v) is 4.54. The highest BCUT2D eigenvalue weighted by Crippen LogP contribution is 2.31. The van der Waals surface area contributed by atoms with Crippen LogP contribution in [-0.2, 0) is 6.42 Å². The largest absolute Gasteiger partial charge is 0.345 e. The highest BCUT2D eigenvalue weighted by molar-refractivity contribution is 5.95. The number of fused-ring (bicyclic) bond motifs is 1. The Morgan fingerprint density at radius 1 is 1.27 bits per heavy atom. The molecule has 0 radical (unpaired) electrons. The fourth-order valence-corrected chi connectivity index (χ4v) is 3.29. The number of aryl methyl sites for hydroxylation is 1. The minimum Gasteiger partial charge on any atom is -0.345 e. The van der Waals surface area contributed by atoms with Gasteiger partial charge in [-0.3, -0.25) is 14.9 Å². The number of aromatic nitrogens is 3. The molecule has 1 unspecified atom stereocenters. The van der Waals surface area contributed by atoms with E-state index in [4.69, 9.17) is 0 Å². The molecule has 26 heavy (non-hydrogen) atoms. The number of carbonyl (C=O) groups excluding carboxylic acids is 1. The summed E-state index contributed by atoms with van der Waals surface area (Å²) in [6.07, 6.45) is 4.40. The van der Waals surface area contributed by atoms with Crippen LogP contribution in [-0.4, -0.2) is 25.6 Å². The van der Waals surface area contributed by atoms with Crippen LogP contribution in [0, 0.1) is 10.1 Å². The number of nitro benzene ring substituents is 1. The van der Waals surface area contributed by atoms with Crippen molar-refractivity contribution in [3.63, 3.8) is 0 Å². The molecule has 0 saturated carbocycles. The molecule has 1 amide bonds. The Bertz CT molecular complexity index is 984. The van der Waals surface area contributed by atoms with Gasteiger partial charge in [0, 0.05) is 11.6 Å². The Morgan fingerprint density at radius 3 is 2.88 bits per heavy atom. The molecule has 0 aliphatic heterocycles. The van der Waals surface area contributed by atoms with Gasteiger partial charge in [0.05, 0.1) is 11.0 Å². The second-order valence-electron chi connectivity index (χ2n) is 6.06. The number of carbonyl (C=O) groups is 1. The number of benzene rings is 2. The molecule has 0 spiro atoms. The van der Waals surface area contributed by atoms with Gasteiger partial charge in [-0.15, -0.1) is 0 Å². The zero-order valence-electron chi connectivity index (χ0n) is 13.7. The van der Waals surface area contributed by atoms with Crippen LogP contribution >= 0.6 is 0 Å². The van der Waals surface area contributed by atoms with E-state index in [2.05, 4.69) is 21.5 Å². The van der Waals surface area contributed by atoms with Crippen molar-refractivity contribution in [3.05, 3.63) is 81.9 Å². The summed E-state index contributed by atoms with van der Waals surface area (Å²) in [6, 6.07) is 12.2. The van der Waals surface area contributed by atoms with Gasteiger partial charge in [0.15, 0.2) is 0 Å². The first-order chi connectivity index (χ1) is 12.6. The molecule has 1 aliphatic carbocycles. The predicted octanol–water partition coefficient (Wildman–Crippen LogP) is 2.59. The number of nitrogens with zero attached hydrogens (tertiary/aromatic N) is 4. The average Bonchev–Trinajstić information content (AvgIpc) is 3.32. The normalized spacial score (nSPS) is 15.5. The van der Waals surface area contributed by atoms with Crippen LogP contribution in [0.1, 0.15) is 33.9 Å². The molecule has 2 aromatic carbocycles. The summed E-state index contributed by atoms with van der Waals surface area (Å²) in [6.45, 7) is 0. The highest BCUT2D eigenvalue weighted by Gasteiger charge is 2.25. The smallest absolute Gasteiger partial charge is 0.295 e. The summed E-state index contributed by atoms with van der Waals surface area (Å²) < 4.78 is 1.30. The number of hydrogen-bond acceptors (Lipinski definition) is 5. The summed E-state index contributed by atoms with van der Waals surface area (Å²) in [5.74, 6) is -0.333. The maximum Gasteiger partial charge on any atom is 0.295 e. The second-order valence-corrected chi connectivity index (χ2v) is 6.06. The quantitative estimate of drug-likeness (QED) is 0.576. The lowest BCUT2D eigenvalue weighted by Crippen LogP contribution is -2.27. The van der Waals surface area contributed by atoms with Gasteiger partial charge in [-0.05, 0) is 36.1 Å². The van der Waals surface area contributed by atoms with Crippen LogP contribution in [0.25, 0.3) is 5.69 Å². The molecule has 1 aliphatic rings. The number of rotatable bonds is 4. The van der Waals surface area contributed by atoms with Gasteiger partial charge in [-0.25, -0.2) is 9.67 Å². The zero-order chi connectivity index (χ0) is 18.1. The molecule has 0 saturated heterocycles. The first kappa shape index (κ1) is 15.9. The van der Waals surface area contributed by atoms with E-state index < -0.39 is 4.92 Å². The maximum atomic E-state index is 12.6. The van der Waals surface area contributed by atoms with E-state index in [0.717, 1.165) is 18.4 Å². The monoisotopic (exact) mass is 349 g/mol. The fraction of sp³-hybridized carbons (Fsp3) is 0.167. The topological polar surface area (TPSA) is 103 Å². The van der Waals surface area contributed by atoms with E-state index in [-0.39, 0.29) is 28.9 Å². The number of nitro groups is 1. The summed E-state index contributed by atoms with van der Waals surface area (Å²) >= 11 is 0. The van der Waals surface area contributed by atoms with Crippen molar-refractivity contribution in [2.75, 3.05) is 0 Å². The predicted molar refractivity (Wildman–Crippen MR) is 93.0 cm³/mol. The van der Waals surface area contributed by atoms with E-state index in [9.17, 15) is 14.9 Å². The van der Waals surface area contributed by atoms with Crippen molar-refractivity contribution in [1.82, 2.24) is 20.1 Å². The van der Waals surface area contributed by atoms with Gasteiger partial charge in [0.25, 0.3) is 11.6 Å². The third kappa shape index (κ3) is 2.81. The van der Waals surface area contributed by atoms with Crippen molar-refractivity contribution in [2.45, 2.75) is 18.9 Å². The maximum absolute atomic E-state index is 12.6. The molecule has 1 heterocycles. The molecule has 4 rings (SSSR count). The molecule has 130 valence electrons. The summed E-state index contributed by atoms with van der Waals surface area (Å²) in [4.78, 5) is 27.3. The molecular weight excluding hydrogens is 334 g/mol. The first-order valence-corrected chi connectivity index (χ1v) is 8.15. The molecule has 0 fully saturated rings. The molecule has 3 aromatic rings. The lowest BCUT2D eigenvalue weighted by molar-refractivity contribution is -0.384. The molecule has 8 heteroatoms. The van der Waals surface area contributed by atoms with Crippen LogP contribution in [0.2, 0.25) is 0 Å². The van der Waals surface area contributed by atoms with Gasteiger partial charge in [-0.2, -0.15) is 5.10 Å². The van der Waals surface area contributed by atoms with Crippen molar-refractivity contribution in [2.24, 2.45) is 0 Å². The second kappa shape index (κ2) is 6.40. The van der Waals surface area contributed by atoms with Crippen LogP contribution < -0.4 is 5.32 Å². The zero-order valence-corrected chi connectivity index (χ0v) is 13.7. The van der Waals surface area contributed by atoms with Crippen molar-refractivity contribution >= 4 is 11.6 Å². The van der Waals surface area contributed by atoms with Crippen molar-refractivity contribution in [3.8, 4) is 5.69 Å². The fourth-order valence-electron chi connectivity index (χ4n) is 3.29. The molecule has 1 aromatic heterocycles. The minimum atomic E-state index is -0.529. The number of hydrogen-bond donors (Lipinski definition) is 1. The Labute approximate surface area is 148 Å². The lowest BCUT2D eigenvalue weighted by atomic mass is 10.1. The van der Waals surface area contributed by atoms with E-state index in [1.807, 2.05) is 18.2 Å². The number of nitrogens with one attached hydrogen (secondary N) is 1. The highest BCUT2D eigenvalue weighted by atomic mass is 16.6. The number of amides is 1. The molecular formula is C18H15N5O3. The molecule has 1 atom stereocenters. The summed E-state index contributed by atoms with van der Waals surface area (Å²) in [7, 11) is 0. The van der Waals surface area contributed by atoms with Gasteiger partial charge < -0.3 is 5.32 Å². The van der Waals surface area contributed by atoms with Crippen molar-refractivity contribution < 1.29 is 9.72 Å². The molecule has 8 nitrogen and oxygen atoms in total. The van der Waals surface area contributed by atoms with Crippen LogP contribution in [0.4, 0.5) is 5.69 Å². The third-order valence-electron chi connectivity index (χ3n) is 4.54. The van der Waals surface area contributed by atoms with Crippen molar-refractivity contribution in [1.29, 1.82) is 0 Å². The average molecular weight is 349 g/mol. The SMILES string of the molecule is O=C(NC1CCc2ccccc21)c1ccc(-n2cncn2)c([N+](=O)[O-])c1. The van der Waals surface area contributed by atoms with E-state index in [1.54, 1.807) is 6.07 Å². The van der Waals surface area contributed by atoms with Crippen LogP contribution in [0.3, 0.4) is 0 Å². The van der Waals surface area contributed by atoms with Gasteiger partial charge in [0.2, 0.25) is 0 Å². The van der Waals surface area contributed by atoms with Gasteiger partial charge >= 0.3 is 0 Å². The Balaban J connectivity index is 1.61. The van der Waals surface area contributed by atoms with E-state index >= 15 is 0 Å². The van der Waals surface area contributed by atoms with Crippen LogP contribution in [0.5, 0.6) is 0 Å². The summed E-state index contributed by atoms with van der Waals surface area (Å²) in [5, 5.41) is 18.3. The Morgan fingerprint density at radius 2 is 2.12 bits per heavy atom. The molecule has 0 bridgehead atoms. The summed E-state index contributed by atoms with van der Waals surface area (Å²) in [5.41, 5.74) is 2.63. The van der Waals surface area contributed by atoms with Crippen LogP contribution in [0.15, 0.2) is 55.1 Å². The van der Waals surface area contributed by atoms with E-state index in [1.165, 1.54) is 35.0 Å². The standard InChI is InChI=1S/C18H15N5O3/c24-18(21-15-7-5-12-3-1-2-4-14(12)15)13-6-8-16(17(9-13)23(25)26)22-11-19-10-20-22/h1-4,6,8-11,15H,5,7H2,(H,21,24). The first-order valence-electron chi connectivity index (χ1n) is 8.15. The Kier molecular flexibility index (Phi) is 3.92. The Hall–Kier alpha value is -3.55.